The lowest BCUT2D eigenvalue weighted by atomic mass is 9.84. The van der Waals surface area contributed by atoms with Crippen molar-refractivity contribution in [3.63, 3.8) is 0 Å². The second kappa shape index (κ2) is 2.65. The van der Waals surface area contributed by atoms with Gasteiger partial charge >= 0.3 is 5.97 Å². The van der Waals surface area contributed by atoms with Crippen molar-refractivity contribution in [1.82, 2.24) is 0 Å². The summed E-state index contributed by atoms with van der Waals surface area (Å²) in [6.45, 7) is 0. The predicted molar refractivity (Wildman–Crippen MR) is 44.2 cm³/mol. The normalized spacial score (nSPS) is 26.6. The molecule has 1 heterocycles. The standard InChI is InChI=1S/C9H12O4/c10-6-7(11)9(13-8(6)12)4-2-1-3-5-9/h10-11H,1-5H2. The van der Waals surface area contributed by atoms with Gasteiger partial charge in [-0.15, -0.1) is 0 Å². The summed E-state index contributed by atoms with van der Waals surface area (Å²) in [7, 11) is 0. The maximum atomic E-state index is 11.0. The monoisotopic (exact) mass is 184 g/mol. The van der Waals surface area contributed by atoms with Crippen LogP contribution in [0.15, 0.2) is 11.5 Å². The van der Waals surface area contributed by atoms with Crippen LogP contribution < -0.4 is 0 Å². The Kier molecular flexibility index (Phi) is 1.71. The van der Waals surface area contributed by atoms with Gasteiger partial charge in [0.05, 0.1) is 0 Å². The molecular formula is C9H12O4. The van der Waals surface area contributed by atoms with Gasteiger partial charge in [0.25, 0.3) is 0 Å². The molecule has 1 fully saturated rings. The lowest BCUT2D eigenvalue weighted by molar-refractivity contribution is -0.152. The van der Waals surface area contributed by atoms with Crippen LogP contribution in [0.3, 0.4) is 0 Å². The highest BCUT2D eigenvalue weighted by atomic mass is 16.6. The molecule has 0 aromatic carbocycles. The number of esters is 1. The van der Waals surface area contributed by atoms with Crippen molar-refractivity contribution in [3.05, 3.63) is 11.5 Å². The summed E-state index contributed by atoms with van der Waals surface area (Å²) in [6.07, 6.45) is 4.17. The molecule has 0 radical (unpaired) electrons. The van der Waals surface area contributed by atoms with Gasteiger partial charge in [0, 0.05) is 0 Å². The summed E-state index contributed by atoms with van der Waals surface area (Å²) in [5, 5.41) is 18.7. The van der Waals surface area contributed by atoms with E-state index in [0.717, 1.165) is 19.3 Å². The first-order valence-electron chi connectivity index (χ1n) is 4.52. The first kappa shape index (κ1) is 8.41. The second-order valence-corrected chi connectivity index (χ2v) is 3.64. The molecule has 0 unspecified atom stereocenters. The molecule has 1 aliphatic heterocycles. The van der Waals surface area contributed by atoms with Gasteiger partial charge in [0.1, 0.15) is 0 Å². The van der Waals surface area contributed by atoms with E-state index in [4.69, 9.17) is 9.84 Å². The van der Waals surface area contributed by atoms with E-state index >= 15 is 0 Å². The van der Waals surface area contributed by atoms with Gasteiger partial charge in [0.15, 0.2) is 11.4 Å². The molecule has 0 bridgehead atoms. The minimum absolute atomic E-state index is 0.266. The molecule has 2 N–H and O–H groups in total. The SMILES string of the molecule is O=C1OC2(CCCCC2)C(O)=C1O. The van der Waals surface area contributed by atoms with Crippen molar-refractivity contribution in [3.8, 4) is 0 Å². The number of aliphatic hydroxyl groups is 2. The molecule has 1 aliphatic carbocycles. The minimum Gasteiger partial charge on any atom is -0.505 e. The number of carbonyl (C=O) groups is 1. The van der Waals surface area contributed by atoms with Crippen LogP contribution >= 0.6 is 0 Å². The van der Waals surface area contributed by atoms with Crippen molar-refractivity contribution in [2.75, 3.05) is 0 Å². The maximum absolute atomic E-state index is 11.0. The third kappa shape index (κ3) is 1.08. The summed E-state index contributed by atoms with van der Waals surface area (Å²) in [5.41, 5.74) is -0.889. The zero-order chi connectivity index (χ0) is 9.47. The zero-order valence-corrected chi connectivity index (χ0v) is 7.25. The molecule has 4 heteroatoms. The molecule has 2 aliphatic rings. The molecule has 0 atom stereocenters. The number of hydrogen-bond donors (Lipinski definition) is 2. The summed E-state index contributed by atoms with van der Waals surface area (Å²) < 4.78 is 5.00. The highest BCUT2D eigenvalue weighted by Crippen LogP contribution is 2.41. The highest BCUT2D eigenvalue weighted by molar-refractivity contribution is 5.89. The predicted octanol–water partition coefficient (Wildman–Crippen LogP) is 1.57. The molecule has 2 rings (SSSR count). The molecule has 72 valence electrons. The summed E-state index contributed by atoms with van der Waals surface area (Å²) in [6, 6.07) is 0. The Morgan fingerprint density at radius 3 is 2.23 bits per heavy atom. The van der Waals surface area contributed by atoms with Crippen LogP contribution in [-0.2, 0) is 9.53 Å². The Hall–Kier alpha value is -1.19. The van der Waals surface area contributed by atoms with Gasteiger partial charge in [-0.25, -0.2) is 4.79 Å². The van der Waals surface area contributed by atoms with E-state index in [0.29, 0.717) is 12.8 Å². The fourth-order valence-corrected chi connectivity index (χ4v) is 2.05. The molecule has 0 saturated heterocycles. The van der Waals surface area contributed by atoms with Crippen LogP contribution in [0.25, 0.3) is 0 Å². The van der Waals surface area contributed by atoms with E-state index in [1.54, 1.807) is 0 Å². The first-order valence-corrected chi connectivity index (χ1v) is 4.52. The maximum Gasteiger partial charge on any atom is 0.378 e. The molecule has 13 heavy (non-hydrogen) atoms. The van der Waals surface area contributed by atoms with Crippen molar-refractivity contribution in [1.29, 1.82) is 0 Å². The number of carbonyl (C=O) groups excluding carboxylic acids is 1. The van der Waals surface area contributed by atoms with Gasteiger partial charge in [-0.05, 0) is 25.7 Å². The largest absolute Gasteiger partial charge is 0.505 e. The number of ether oxygens (including phenoxy) is 1. The Balaban J connectivity index is 2.30. The highest BCUT2D eigenvalue weighted by Gasteiger charge is 2.49. The van der Waals surface area contributed by atoms with Crippen LogP contribution in [0, 0.1) is 0 Å². The third-order valence-electron chi connectivity index (χ3n) is 2.80. The summed E-state index contributed by atoms with van der Waals surface area (Å²) >= 11 is 0. The average Bonchev–Trinajstić information content (AvgIpc) is 2.33. The lowest BCUT2D eigenvalue weighted by Crippen LogP contribution is -2.34. The van der Waals surface area contributed by atoms with Gasteiger partial charge in [-0.1, -0.05) is 6.42 Å². The van der Waals surface area contributed by atoms with Crippen molar-refractivity contribution < 1.29 is 19.7 Å². The van der Waals surface area contributed by atoms with Gasteiger partial charge in [-0.3, -0.25) is 0 Å². The van der Waals surface area contributed by atoms with E-state index in [1.165, 1.54) is 0 Å². The Labute approximate surface area is 75.8 Å². The van der Waals surface area contributed by atoms with Gasteiger partial charge < -0.3 is 14.9 Å². The molecule has 0 aromatic rings. The number of aliphatic hydroxyl groups excluding tert-OH is 2. The van der Waals surface area contributed by atoms with Crippen LogP contribution in [0.5, 0.6) is 0 Å². The van der Waals surface area contributed by atoms with Gasteiger partial charge in [0.2, 0.25) is 5.76 Å². The Morgan fingerprint density at radius 2 is 1.77 bits per heavy atom. The zero-order valence-electron chi connectivity index (χ0n) is 7.25. The summed E-state index contributed by atoms with van der Waals surface area (Å²) in [5.74, 6) is -1.67. The second-order valence-electron chi connectivity index (χ2n) is 3.64. The number of hydrogen-bond acceptors (Lipinski definition) is 4. The topological polar surface area (TPSA) is 66.8 Å². The fraction of sp³-hybridized carbons (Fsp3) is 0.667. The van der Waals surface area contributed by atoms with Gasteiger partial charge in [-0.2, -0.15) is 0 Å². The van der Waals surface area contributed by atoms with Crippen molar-refractivity contribution >= 4 is 5.97 Å². The average molecular weight is 184 g/mol. The van der Waals surface area contributed by atoms with E-state index in [9.17, 15) is 9.90 Å². The minimum atomic E-state index is -0.889. The molecular weight excluding hydrogens is 172 g/mol. The lowest BCUT2D eigenvalue weighted by Gasteiger charge is -2.31. The van der Waals surface area contributed by atoms with Crippen LogP contribution in [0.4, 0.5) is 0 Å². The molecule has 0 amide bonds. The van der Waals surface area contributed by atoms with E-state index < -0.39 is 17.3 Å². The van der Waals surface area contributed by atoms with Crippen LogP contribution in [0.2, 0.25) is 0 Å². The quantitative estimate of drug-likeness (QED) is 0.561. The van der Waals surface area contributed by atoms with Crippen LogP contribution in [0.1, 0.15) is 32.1 Å². The summed E-state index contributed by atoms with van der Waals surface area (Å²) in [4.78, 5) is 11.0. The third-order valence-corrected chi connectivity index (χ3v) is 2.80. The van der Waals surface area contributed by atoms with E-state index in [-0.39, 0.29) is 5.76 Å². The smallest absolute Gasteiger partial charge is 0.378 e. The van der Waals surface area contributed by atoms with Crippen LogP contribution in [-0.4, -0.2) is 21.8 Å². The van der Waals surface area contributed by atoms with Crippen molar-refractivity contribution in [2.24, 2.45) is 0 Å². The van der Waals surface area contributed by atoms with Crippen molar-refractivity contribution in [2.45, 2.75) is 37.7 Å². The molecule has 1 spiro atoms. The Bertz CT molecular complexity index is 273. The first-order chi connectivity index (χ1) is 6.16. The molecule has 1 saturated carbocycles. The Morgan fingerprint density at radius 1 is 1.15 bits per heavy atom. The molecule has 4 nitrogen and oxygen atoms in total. The number of rotatable bonds is 0. The van der Waals surface area contributed by atoms with E-state index in [2.05, 4.69) is 0 Å². The molecule has 0 aromatic heterocycles. The fourth-order valence-electron chi connectivity index (χ4n) is 2.05. The van der Waals surface area contributed by atoms with E-state index in [1.807, 2.05) is 0 Å².